The second kappa shape index (κ2) is 7.70. The van der Waals surface area contributed by atoms with E-state index in [1.54, 1.807) is 37.3 Å². The molecule has 2 N–H and O–H groups in total. The normalized spacial score (nSPS) is 15.3. The number of aryl methyl sites for hydroxylation is 1. The predicted molar refractivity (Wildman–Crippen MR) is 109 cm³/mol. The maximum Gasteiger partial charge on any atom is 0.387 e. The van der Waals surface area contributed by atoms with E-state index in [-0.39, 0.29) is 11.5 Å². The number of halogens is 2. The molecule has 3 aromatic rings. The van der Waals surface area contributed by atoms with Crippen LogP contribution in [0.3, 0.4) is 0 Å². The fourth-order valence-corrected chi connectivity index (χ4v) is 4.35. The Morgan fingerprint density at radius 2 is 1.83 bits per heavy atom. The molecule has 1 heterocycles. The lowest BCUT2D eigenvalue weighted by Crippen LogP contribution is -2.19. The standard InChI is InChI=1S/C22H19F2NO4S/c1-13-7-10-18-19(20(13)29-22(23)24)16-9-8-14(12-30(25,26)27)11-17(16)21(28-18)15-5-3-2-4-6-15/h2-11,21-22H,12H2,1H3,(H2,25,26,27). The molecule has 156 valence electrons. The summed E-state index contributed by atoms with van der Waals surface area (Å²) >= 11 is 0. The van der Waals surface area contributed by atoms with Crippen LogP contribution in [0.15, 0.2) is 60.7 Å². The van der Waals surface area contributed by atoms with E-state index in [1.807, 2.05) is 30.3 Å². The molecule has 30 heavy (non-hydrogen) atoms. The van der Waals surface area contributed by atoms with Crippen molar-refractivity contribution in [1.29, 1.82) is 0 Å². The minimum absolute atomic E-state index is 0.0365. The first-order valence-electron chi connectivity index (χ1n) is 9.16. The predicted octanol–water partition coefficient (Wildman–Crippen LogP) is 4.53. The average Bonchev–Trinajstić information content (AvgIpc) is 2.68. The number of ether oxygens (including phenoxy) is 2. The van der Waals surface area contributed by atoms with Crippen LogP contribution in [-0.2, 0) is 15.8 Å². The number of rotatable bonds is 5. The van der Waals surface area contributed by atoms with Crippen molar-refractivity contribution < 1.29 is 26.7 Å². The highest BCUT2D eigenvalue weighted by Gasteiger charge is 2.31. The molecule has 4 rings (SSSR count). The first kappa shape index (κ1) is 20.3. The zero-order chi connectivity index (χ0) is 21.5. The van der Waals surface area contributed by atoms with Crippen LogP contribution < -0.4 is 14.6 Å². The van der Waals surface area contributed by atoms with Crippen molar-refractivity contribution in [3.63, 3.8) is 0 Å². The lowest BCUT2D eigenvalue weighted by molar-refractivity contribution is -0.0500. The van der Waals surface area contributed by atoms with Gasteiger partial charge in [0.05, 0.1) is 11.3 Å². The summed E-state index contributed by atoms with van der Waals surface area (Å²) in [7, 11) is -3.74. The van der Waals surface area contributed by atoms with E-state index in [0.29, 0.717) is 33.6 Å². The summed E-state index contributed by atoms with van der Waals surface area (Å²) in [5.41, 5.74) is 3.57. The topological polar surface area (TPSA) is 78.6 Å². The lowest BCUT2D eigenvalue weighted by atomic mass is 9.87. The monoisotopic (exact) mass is 431 g/mol. The lowest BCUT2D eigenvalue weighted by Gasteiger charge is -2.31. The number of sulfonamides is 1. The molecule has 5 nitrogen and oxygen atoms in total. The third-order valence-electron chi connectivity index (χ3n) is 4.91. The molecule has 0 fully saturated rings. The molecule has 0 saturated carbocycles. The van der Waals surface area contributed by atoms with Crippen LogP contribution in [0.4, 0.5) is 8.78 Å². The van der Waals surface area contributed by atoms with Gasteiger partial charge in [-0.05, 0) is 35.2 Å². The number of benzene rings is 3. The summed E-state index contributed by atoms with van der Waals surface area (Å²) < 4.78 is 60.4. The Morgan fingerprint density at radius 1 is 1.10 bits per heavy atom. The highest BCUT2D eigenvalue weighted by Crippen LogP contribution is 2.50. The first-order valence-corrected chi connectivity index (χ1v) is 10.9. The smallest absolute Gasteiger partial charge is 0.387 e. The second-order valence-electron chi connectivity index (χ2n) is 7.10. The molecule has 0 aliphatic carbocycles. The summed E-state index contributed by atoms with van der Waals surface area (Å²) in [6.07, 6.45) is -0.545. The summed E-state index contributed by atoms with van der Waals surface area (Å²) in [5, 5.41) is 5.20. The van der Waals surface area contributed by atoms with Crippen LogP contribution in [0, 0.1) is 6.92 Å². The van der Waals surface area contributed by atoms with Gasteiger partial charge in [0.2, 0.25) is 10.0 Å². The van der Waals surface area contributed by atoms with E-state index in [4.69, 9.17) is 14.6 Å². The zero-order valence-corrected chi connectivity index (χ0v) is 16.8. The Labute approximate surface area is 173 Å². The molecule has 1 atom stereocenters. The Balaban J connectivity index is 1.94. The Morgan fingerprint density at radius 3 is 2.50 bits per heavy atom. The van der Waals surface area contributed by atoms with Crippen molar-refractivity contribution in [3.05, 3.63) is 82.9 Å². The van der Waals surface area contributed by atoms with Gasteiger partial charge in [0.15, 0.2) is 0 Å². The molecule has 3 aromatic carbocycles. The average molecular weight is 431 g/mol. The van der Waals surface area contributed by atoms with Crippen LogP contribution in [0.25, 0.3) is 11.1 Å². The third kappa shape index (κ3) is 4.01. The van der Waals surface area contributed by atoms with Gasteiger partial charge >= 0.3 is 6.61 Å². The van der Waals surface area contributed by atoms with Gasteiger partial charge in [-0.25, -0.2) is 13.6 Å². The number of nitrogens with two attached hydrogens (primary N) is 1. The molecule has 8 heteroatoms. The number of alkyl halides is 2. The van der Waals surface area contributed by atoms with Crippen molar-refractivity contribution in [2.45, 2.75) is 25.4 Å². The first-order chi connectivity index (χ1) is 14.2. The minimum atomic E-state index is -3.74. The Bertz CT molecular complexity index is 1200. The quantitative estimate of drug-likeness (QED) is 0.644. The second-order valence-corrected chi connectivity index (χ2v) is 8.71. The molecule has 1 unspecified atom stereocenters. The number of hydrogen-bond donors (Lipinski definition) is 1. The molecule has 0 amide bonds. The van der Waals surface area contributed by atoms with E-state index in [9.17, 15) is 17.2 Å². The van der Waals surface area contributed by atoms with Crippen molar-refractivity contribution in [1.82, 2.24) is 0 Å². The molecular formula is C22H19F2NO4S. The summed E-state index contributed by atoms with van der Waals surface area (Å²) in [5.74, 6) is 0.106. The van der Waals surface area contributed by atoms with Gasteiger partial charge in [0, 0.05) is 5.56 Å². The maximum atomic E-state index is 13.1. The summed E-state index contributed by atoms with van der Waals surface area (Å²) in [6, 6.07) is 17.8. The van der Waals surface area contributed by atoms with Gasteiger partial charge in [0.25, 0.3) is 0 Å². The van der Waals surface area contributed by atoms with Gasteiger partial charge < -0.3 is 9.47 Å². The minimum Gasteiger partial charge on any atom is -0.480 e. The molecule has 1 aliphatic rings. The Hall–Kier alpha value is -2.97. The van der Waals surface area contributed by atoms with Crippen molar-refractivity contribution in [3.8, 4) is 22.6 Å². The zero-order valence-electron chi connectivity index (χ0n) is 16.0. The van der Waals surface area contributed by atoms with Crippen LogP contribution in [0.1, 0.15) is 28.4 Å². The SMILES string of the molecule is Cc1ccc2c(c1OC(F)F)-c1ccc(CS(N)(=O)=O)cc1C(c1ccccc1)O2. The highest BCUT2D eigenvalue weighted by molar-refractivity contribution is 7.88. The number of primary sulfonamides is 1. The third-order valence-corrected chi connectivity index (χ3v) is 5.64. The van der Waals surface area contributed by atoms with Crippen LogP contribution >= 0.6 is 0 Å². The fraction of sp³-hybridized carbons (Fsp3) is 0.182. The van der Waals surface area contributed by atoms with Gasteiger partial charge in [0.1, 0.15) is 17.6 Å². The molecule has 0 spiro atoms. The molecule has 0 saturated heterocycles. The van der Waals surface area contributed by atoms with Crippen molar-refractivity contribution >= 4 is 10.0 Å². The van der Waals surface area contributed by atoms with E-state index in [2.05, 4.69) is 0 Å². The van der Waals surface area contributed by atoms with E-state index in [0.717, 1.165) is 5.56 Å². The van der Waals surface area contributed by atoms with E-state index < -0.39 is 22.7 Å². The number of hydrogen-bond acceptors (Lipinski definition) is 4. The largest absolute Gasteiger partial charge is 0.480 e. The van der Waals surface area contributed by atoms with Crippen LogP contribution in [-0.4, -0.2) is 15.0 Å². The van der Waals surface area contributed by atoms with E-state index in [1.165, 1.54) is 0 Å². The molecule has 0 aromatic heterocycles. The maximum absolute atomic E-state index is 13.1. The van der Waals surface area contributed by atoms with E-state index >= 15 is 0 Å². The van der Waals surface area contributed by atoms with Gasteiger partial charge in [-0.2, -0.15) is 8.78 Å². The molecular weight excluding hydrogens is 412 g/mol. The van der Waals surface area contributed by atoms with Gasteiger partial charge in [-0.15, -0.1) is 0 Å². The summed E-state index contributed by atoms with van der Waals surface area (Å²) in [4.78, 5) is 0. The van der Waals surface area contributed by atoms with Crippen molar-refractivity contribution in [2.24, 2.45) is 5.14 Å². The highest BCUT2D eigenvalue weighted by atomic mass is 32.2. The fourth-order valence-electron chi connectivity index (χ4n) is 3.71. The van der Waals surface area contributed by atoms with Gasteiger partial charge in [-0.3, -0.25) is 0 Å². The molecule has 0 radical (unpaired) electrons. The summed E-state index contributed by atoms with van der Waals surface area (Å²) in [6.45, 7) is -1.32. The van der Waals surface area contributed by atoms with Crippen LogP contribution in [0.2, 0.25) is 0 Å². The Kier molecular flexibility index (Phi) is 5.21. The van der Waals surface area contributed by atoms with Gasteiger partial charge in [-0.1, -0.05) is 54.6 Å². The number of fused-ring (bicyclic) bond motifs is 3. The van der Waals surface area contributed by atoms with Crippen LogP contribution in [0.5, 0.6) is 11.5 Å². The van der Waals surface area contributed by atoms with Crippen molar-refractivity contribution in [2.75, 3.05) is 0 Å². The molecule has 1 aliphatic heterocycles. The molecule has 0 bridgehead atoms.